The van der Waals surface area contributed by atoms with Gasteiger partial charge in [-0.25, -0.2) is 0 Å². The Bertz CT molecular complexity index is 773. The largest absolute Gasteiger partial charge is 0.494 e. The van der Waals surface area contributed by atoms with Crippen LogP contribution >= 0.6 is 0 Å². The molecule has 0 aliphatic carbocycles. The number of ether oxygens (including phenoxy) is 2. The minimum atomic E-state index is -0.173. The SMILES string of the molecule is CCOC(=O)CCN(CC)c1ccc(/N=N/c2cc(C)ccc2OC)cc1. The lowest BCUT2D eigenvalue weighted by molar-refractivity contribution is -0.142. The predicted molar refractivity (Wildman–Crippen MR) is 107 cm³/mol. The van der Waals surface area contributed by atoms with Crippen molar-refractivity contribution in [3.63, 3.8) is 0 Å². The van der Waals surface area contributed by atoms with E-state index in [9.17, 15) is 4.79 Å². The average Bonchev–Trinajstić information content (AvgIpc) is 2.68. The highest BCUT2D eigenvalue weighted by molar-refractivity contribution is 5.70. The summed E-state index contributed by atoms with van der Waals surface area (Å²) in [5, 5.41) is 8.61. The summed E-state index contributed by atoms with van der Waals surface area (Å²) in [5.74, 6) is 0.519. The third-order valence-corrected chi connectivity index (χ3v) is 4.10. The van der Waals surface area contributed by atoms with E-state index in [4.69, 9.17) is 9.47 Å². The highest BCUT2D eigenvalue weighted by Crippen LogP contribution is 2.30. The molecule has 0 radical (unpaired) electrons. The molecule has 6 nitrogen and oxygen atoms in total. The fraction of sp³-hybridized carbons (Fsp3) is 0.381. The first-order valence-corrected chi connectivity index (χ1v) is 9.14. The molecule has 0 spiro atoms. The van der Waals surface area contributed by atoms with Gasteiger partial charge in [-0.3, -0.25) is 4.79 Å². The van der Waals surface area contributed by atoms with Gasteiger partial charge in [-0.15, -0.1) is 5.11 Å². The normalized spacial score (nSPS) is 10.8. The summed E-state index contributed by atoms with van der Waals surface area (Å²) in [6.07, 6.45) is 0.371. The van der Waals surface area contributed by atoms with Crippen LogP contribution in [0.1, 0.15) is 25.8 Å². The first kappa shape index (κ1) is 20.4. The minimum Gasteiger partial charge on any atom is -0.494 e. The van der Waals surface area contributed by atoms with Crippen LogP contribution in [0.2, 0.25) is 0 Å². The maximum Gasteiger partial charge on any atom is 0.307 e. The van der Waals surface area contributed by atoms with Crippen LogP contribution in [0.25, 0.3) is 0 Å². The van der Waals surface area contributed by atoms with E-state index in [1.807, 2.05) is 56.3 Å². The van der Waals surface area contributed by atoms with Crippen LogP contribution < -0.4 is 9.64 Å². The number of hydrogen-bond acceptors (Lipinski definition) is 6. The monoisotopic (exact) mass is 369 g/mol. The Labute approximate surface area is 160 Å². The maximum atomic E-state index is 11.6. The number of aryl methyl sites for hydroxylation is 1. The molecule has 2 aromatic carbocycles. The molecule has 0 saturated heterocycles. The first-order chi connectivity index (χ1) is 13.1. The van der Waals surface area contributed by atoms with Gasteiger partial charge in [-0.1, -0.05) is 6.07 Å². The number of nitrogens with zero attached hydrogens (tertiary/aromatic N) is 3. The van der Waals surface area contributed by atoms with Gasteiger partial charge >= 0.3 is 5.97 Å². The molecule has 0 atom stereocenters. The summed E-state index contributed by atoms with van der Waals surface area (Å²) in [7, 11) is 1.62. The zero-order valence-corrected chi connectivity index (χ0v) is 16.4. The van der Waals surface area contributed by atoms with E-state index in [0.717, 1.165) is 23.5 Å². The molecule has 0 aliphatic rings. The van der Waals surface area contributed by atoms with Gasteiger partial charge in [-0.2, -0.15) is 5.11 Å². The second kappa shape index (κ2) is 10.3. The quantitative estimate of drug-likeness (QED) is 0.450. The van der Waals surface area contributed by atoms with Gasteiger partial charge in [0, 0.05) is 18.8 Å². The summed E-state index contributed by atoms with van der Waals surface area (Å²) >= 11 is 0. The molecule has 0 heterocycles. The van der Waals surface area contributed by atoms with Gasteiger partial charge in [-0.05, 0) is 62.7 Å². The number of anilines is 1. The Morgan fingerprint density at radius 3 is 2.44 bits per heavy atom. The van der Waals surface area contributed by atoms with Crippen LogP contribution in [0.5, 0.6) is 5.75 Å². The Hall–Kier alpha value is -2.89. The fourth-order valence-electron chi connectivity index (χ4n) is 2.65. The van der Waals surface area contributed by atoms with E-state index in [1.54, 1.807) is 7.11 Å². The number of esters is 1. The van der Waals surface area contributed by atoms with Crippen LogP contribution in [0, 0.1) is 6.92 Å². The van der Waals surface area contributed by atoms with Crippen LogP contribution in [0.15, 0.2) is 52.7 Å². The van der Waals surface area contributed by atoms with Gasteiger partial charge in [0.2, 0.25) is 0 Å². The molecule has 2 rings (SSSR count). The van der Waals surface area contributed by atoms with Gasteiger partial charge in [0.25, 0.3) is 0 Å². The van der Waals surface area contributed by atoms with Crippen molar-refractivity contribution < 1.29 is 14.3 Å². The van der Waals surface area contributed by atoms with E-state index < -0.39 is 0 Å². The third-order valence-electron chi connectivity index (χ3n) is 4.10. The Balaban J connectivity index is 2.05. The zero-order chi connectivity index (χ0) is 19.6. The Morgan fingerprint density at radius 2 is 1.81 bits per heavy atom. The Morgan fingerprint density at radius 1 is 1.07 bits per heavy atom. The number of methoxy groups -OCH3 is 1. The molecule has 0 bridgehead atoms. The van der Waals surface area contributed by atoms with Crippen molar-refractivity contribution >= 4 is 23.0 Å². The molecule has 2 aromatic rings. The zero-order valence-electron chi connectivity index (χ0n) is 16.4. The molecular weight excluding hydrogens is 342 g/mol. The highest BCUT2D eigenvalue weighted by atomic mass is 16.5. The second-order valence-electron chi connectivity index (χ2n) is 6.03. The molecule has 6 heteroatoms. The van der Waals surface area contributed by atoms with Gasteiger partial charge in [0.1, 0.15) is 11.4 Å². The number of carbonyl (C=O) groups excluding carboxylic acids is 1. The Kier molecular flexibility index (Phi) is 7.79. The van der Waals surface area contributed by atoms with Crippen LogP contribution in [0.3, 0.4) is 0 Å². The molecule has 0 unspecified atom stereocenters. The van der Waals surface area contributed by atoms with E-state index in [0.29, 0.717) is 31.0 Å². The maximum absolute atomic E-state index is 11.6. The van der Waals surface area contributed by atoms with Crippen molar-refractivity contribution in [2.24, 2.45) is 10.2 Å². The van der Waals surface area contributed by atoms with Crippen LogP contribution in [-0.2, 0) is 9.53 Å². The van der Waals surface area contributed by atoms with Gasteiger partial charge < -0.3 is 14.4 Å². The number of azo groups is 1. The van der Waals surface area contributed by atoms with Crippen molar-refractivity contribution in [3.8, 4) is 5.75 Å². The van der Waals surface area contributed by atoms with E-state index >= 15 is 0 Å². The molecule has 144 valence electrons. The molecule has 0 aromatic heterocycles. The fourth-order valence-corrected chi connectivity index (χ4v) is 2.65. The van der Waals surface area contributed by atoms with Crippen LogP contribution in [0.4, 0.5) is 17.1 Å². The smallest absolute Gasteiger partial charge is 0.307 e. The number of carbonyl (C=O) groups is 1. The summed E-state index contributed by atoms with van der Waals surface area (Å²) in [4.78, 5) is 13.7. The van der Waals surface area contributed by atoms with Gasteiger partial charge in [0.05, 0.1) is 25.8 Å². The van der Waals surface area contributed by atoms with Crippen LogP contribution in [-0.4, -0.2) is 32.8 Å². The molecule has 0 N–H and O–H groups in total. The second-order valence-corrected chi connectivity index (χ2v) is 6.03. The van der Waals surface area contributed by atoms with E-state index in [1.165, 1.54) is 0 Å². The molecule has 0 saturated carbocycles. The molecule has 0 aliphatic heterocycles. The third kappa shape index (κ3) is 6.09. The summed E-state index contributed by atoms with van der Waals surface area (Å²) < 4.78 is 10.3. The van der Waals surface area contributed by atoms with E-state index in [2.05, 4.69) is 22.1 Å². The first-order valence-electron chi connectivity index (χ1n) is 9.14. The number of benzene rings is 2. The topological polar surface area (TPSA) is 63.5 Å². The standard InChI is InChI=1S/C21H27N3O3/c1-5-24(14-13-21(25)27-6-2)18-10-8-17(9-11-18)22-23-19-15-16(3)7-12-20(19)26-4/h7-12,15H,5-6,13-14H2,1-4H3/b23-22+. The average molecular weight is 369 g/mol. The molecule has 0 amide bonds. The summed E-state index contributed by atoms with van der Waals surface area (Å²) in [6, 6.07) is 13.6. The molecular formula is C21H27N3O3. The molecule has 27 heavy (non-hydrogen) atoms. The highest BCUT2D eigenvalue weighted by Gasteiger charge is 2.08. The predicted octanol–water partition coefficient (Wildman–Crippen LogP) is 5.20. The minimum absolute atomic E-state index is 0.173. The van der Waals surface area contributed by atoms with Crippen molar-refractivity contribution in [2.45, 2.75) is 27.2 Å². The van der Waals surface area contributed by atoms with Crippen molar-refractivity contribution in [3.05, 3.63) is 48.0 Å². The lowest BCUT2D eigenvalue weighted by atomic mass is 10.2. The lowest BCUT2D eigenvalue weighted by Gasteiger charge is -2.22. The summed E-state index contributed by atoms with van der Waals surface area (Å²) in [6.45, 7) is 7.72. The lowest BCUT2D eigenvalue weighted by Crippen LogP contribution is -2.26. The molecule has 0 fully saturated rings. The van der Waals surface area contributed by atoms with Crippen molar-refractivity contribution in [1.29, 1.82) is 0 Å². The van der Waals surface area contributed by atoms with Gasteiger partial charge in [0.15, 0.2) is 0 Å². The number of rotatable bonds is 9. The van der Waals surface area contributed by atoms with E-state index in [-0.39, 0.29) is 5.97 Å². The number of hydrogen-bond donors (Lipinski definition) is 0. The van der Waals surface area contributed by atoms with Crippen molar-refractivity contribution in [2.75, 3.05) is 31.7 Å². The summed E-state index contributed by atoms with van der Waals surface area (Å²) in [5.41, 5.74) is 3.59. The van der Waals surface area contributed by atoms with Crippen molar-refractivity contribution in [1.82, 2.24) is 0 Å².